The second-order valence-electron chi connectivity index (χ2n) is 3.29. The van der Waals surface area contributed by atoms with Crippen molar-refractivity contribution in [3.05, 3.63) is 58.3 Å². The van der Waals surface area contributed by atoms with Gasteiger partial charge in [-0.1, -0.05) is 34.1 Å². The number of methoxy groups -OCH3 is 1. The number of hydrogen-bond acceptors (Lipinski definition) is 3. The first-order chi connectivity index (χ1) is 7.83. The van der Waals surface area contributed by atoms with Crippen LogP contribution in [0.5, 0.6) is 0 Å². The van der Waals surface area contributed by atoms with Crippen molar-refractivity contribution >= 4 is 15.9 Å². The van der Waals surface area contributed by atoms with E-state index in [-0.39, 0.29) is 6.10 Å². The highest BCUT2D eigenvalue weighted by molar-refractivity contribution is 9.10. The maximum absolute atomic E-state index is 5.47. The average Bonchev–Trinajstić information content (AvgIpc) is 2.34. The largest absolute Gasteiger partial charge is 0.370 e. The molecular weight excluding hydrogens is 268 g/mol. The lowest BCUT2D eigenvalue weighted by atomic mass is 10.1. The van der Waals surface area contributed by atoms with Crippen molar-refractivity contribution in [1.82, 2.24) is 10.2 Å². The second kappa shape index (κ2) is 5.18. The summed E-state index contributed by atoms with van der Waals surface area (Å²) in [6.07, 6.45) is 1.46. The average molecular weight is 279 g/mol. The SMILES string of the molecule is COC(c1cccnn1)c1ccccc1Br. The fourth-order valence-electron chi connectivity index (χ4n) is 1.55. The molecule has 0 N–H and O–H groups in total. The van der Waals surface area contributed by atoms with Crippen LogP contribution in [0.2, 0.25) is 0 Å². The van der Waals surface area contributed by atoms with Gasteiger partial charge in [0.15, 0.2) is 0 Å². The molecule has 1 atom stereocenters. The smallest absolute Gasteiger partial charge is 0.127 e. The van der Waals surface area contributed by atoms with Crippen LogP contribution in [0, 0.1) is 0 Å². The zero-order valence-corrected chi connectivity index (χ0v) is 10.4. The van der Waals surface area contributed by atoms with Crippen molar-refractivity contribution in [3.63, 3.8) is 0 Å². The van der Waals surface area contributed by atoms with Crippen LogP contribution < -0.4 is 0 Å². The van der Waals surface area contributed by atoms with Gasteiger partial charge >= 0.3 is 0 Å². The number of benzene rings is 1. The molecule has 0 radical (unpaired) electrons. The summed E-state index contributed by atoms with van der Waals surface area (Å²) < 4.78 is 6.48. The molecule has 0 spiro atoms. The molecule has 0 saturated carbocycles. The summed E-state index contributed by atoms with van der Waals surface area (Å²) in [4.78, 5) is 0. The van der Waals surface area contributed by atoms with Crippen LogP contribution in [0.1, 0.15) is 17.4 Å². The third-order valence-corrected chi connectivity index (χ3v) is 3.01. The van der Waals surface area contributed by atoms with Gasteiger partial charge in [-0.2, -0.15) is 10.2 Å². The molecule has 2 aromatic rings. The Kier molecular flexibility index (Phi) is 3.64. The maximum atomic E-state index is 5.47. The highest BCUT2D eigenvalue weighted by atomic mass is 79.9. The van der Waals surface area contributed by atoms with Gasteiger partial charge in [-0.25, -0.2) is 0 Å². The number of rotatable bonds is 3. The minimum Gasteiger partial charge on any atom is -0.370 e. The summed E-state index contributed by atoms with van der Waals surface area (Å²) in [5.74, 6) is 0. The highest BCUT2D eigenvalue weighted by Gasteiger charge is 2.16. The van der Waals surface area contributed by atoms with Gasteiger partial charge in [0.1, 0.15) is 6.10 Å². The Balaban J connectivity index is 2.41. The van der Waals surface area contributed by atoms with Gasteiger partial charge in [0.05, 0.1) is 5.69 Å². The number of aromatic nitrogens is 2. The second-order valence-corrected chi connectivity index (χ2v) is 4.14. The van der Waals surface area contributed by atoms with Gasteiger partial charge in [-0.05, 0) is 18.2 Å². The molecule has 0 aliphatic heterocycles. The third kappa shape index (κ3) is 2.28. The van der Waals surface area contributed by atoms with Gasteiger partial charge in [0, 0.05) is 23.3 Å². The predicted octanol–water partition coefficient (Wildman–Crippen LogP) is 2.97. The first-order valence-electron chi connectivity index (χ1n) is 4.87. The zero-order chi connectivity index (χ0) is 11.4. The molecule has 1 aromatic heterocycles. The van der Waals surface area contributed by atoms with E-state index >= 15 is 0 Å². The van der Waals surface area contributed by atoms with Crippen LogP contribution in [0.3, 0.4) is 0 Å². The highest BCUT2D eigenvalue weighted by Crippen LogP contribution is 2.29. The molecule has 2 rings (SSSR count). The van der Waals surface area contributed by atoms with Crippen molar-refractivity contribution < 1.29 is 4.74 Å². The standard InChI is InChI=1S/C12H11BrN2O/c1-16-12(11-7-4-8-14-15-11)9-5-2-3-6-10(9)13/h2-8,12H,1H3. The Hall–Kier alpha value is -1.26. The molecule has 0 aliphatic rings. The molecule has 0 bridgehead atoms. The molecule has 0 saturated heterocycles. The lowest BCUT2D eigenvalue weighted by molar-refractivity contribution is 0.131. The minimum atomic E-state index is -0.190. The Labute approximate surface area is 103 Å². The van der Waals surface area contributed by atoms with Crippen LogP contribution in [-0.4, -0.2) is 17.3 Å². The first-order valence-corrected chi connectivity index (χ1v) is 5.67. The molecule has 1 aromatic carbocycles. The summed E-state index contributed by atoms with van der Waals surface area (Å²) in [6, 6.07) is 11.7. The number of nitrogens with zero attached hydrogens (tertiary/aromatic N) is 2. The van der Waals surface area contributed by atoms with Gasteiger partial charge in [0.2, 0.25) is 0 Å². The molecule has 1 unspecified atom stereocenters. The Morgan fingerprint density at radius 2 is 2.00 bits per heavy atom. The van der Waals surface area contributed by atoms with Gasteiger partial charge in [-0.15, -0.1) is 0 Å². The Morgan fingerprint density at radius 1 is 1.19 bits per heavy atom. The van der Waals surface area contributed by atoms with Gasteiger partial charge in [-0.3, -0.25) is 0 Å². The molecule has 1 heterocycles. The van der Waals surface area contributed by atoms with Crippen LogP contribution in [0.4, 0.5) is 0 Å². The molecule has 4 heteroatoms. The summed E-state index contributed by atoms with van der Waals surface area (Å²) in [5, 5.41) is 7.93. The summed E-state index contributed by atoms with van der Waals surface area (Å²) in [6.45, 7) is 0. The molecule has 82 valence electrons. The van der Waals surface area contributed by atoms with Crippen LogP contribution in [0.25, 0.3) is 0 Å². The van der Waals surface area contributed by atoms with E-state index in [0.29, 0.717) is 0 Å². The van der Waals surface area contributed by atoms with E-state index in [9.17, 15) is 0 Å². The van der Waals surface area contributed by atoms with E-state index in [1.165, 1.54) is 0 Å². The normalized spacial score (nSPS) is 12.4. The molecule has 0 amide bonds. The van der Waals surface area contributed by atoms with E-state index in [1.54, 1.807) is 13.3 Å². The van der Waals surface area contributed by atoms with E-state index < -0.39 is 0 Å². The van der Waals surface area contributed by atoms with E-state index in [2.05, 4.69) is 26.1 Å². The summed E-state index contributed by atoms with van der Waals surface area (Å²) in [7, 11) is 1.67. The fourth-order valence-corrected chi connectivity index (χ4v) is 2.04. The van der Waals surface area contributed by atoms with Crippen molar-refractivity contribution in [2.75, 3.05) is 7.11 Å². The van der Waals surface area contributed by atoms with Crippen LogP contribution in [-0.2, 0) is 4.74 Å². The van der Waals surface area contributed by atoms with Crippen molar-refractivity contribution in [3.8, 4) is 0 Å². The molecule has 16 heavy (non-hydrogen) atoms. The van der Waals surface area contributed by atoms with Crippen LogP contribution >= 0.6 is 15.9 Å². The maximum Gasteiger partial charge on any atom is 0.127 e. The molecular formula is C12H11BrN2O. The Morgan fingerprint density at radius 3 is 2.62 bits per heavy atom. The number of ether oxygens (including phenoxy) is 1. The quantitative estimate of drug-likeness (QED) is 0.866. The van der Waals surface area contributed by atoms with Crippen LogP contribution in [0.15, 0.2) is 47.1 Å². The third-order valence-electron chi connectivity index (χ3n) is 2.28. The van der Waals surface area contributed by atoms with E-state index in [1.807, 2.05) is 36.4 Å². The van der Waals surface area contributed by atoms with E-state index in [0.717, 1.165) is 15.7 Å². The number of hydrogen-bond donors (Lipinski definition) is 0. The zero-order valence-electron chi connectivity index (χ0n) is 8.80. The molecule has 0 aliphatic carbocycles. The monoisotopic (exact) mass is 278 g/mol. The topological polar surface area (TPSA) is 35.0 Å². The lowest BCUT2D eigenvalue weighted by Gasteiger charge is -2.15. The van der Waals surface area contributed by atoms with Crippen molar-refractivity contribution in [2.24, 2.45) is 0 Å². The van der Waals surface area contributed by atoms with Gasteiger partial charge in [0.25, 0.3) is 0 Å². The number of halogens is 1. The summed E-state index contributed by atoms with van der Waals surface area (Å²) >= 11 is 3.51. The molecule has 0 fully saturated rings. The van der Waals surface area contributed by atoms with Gasteiger partial charge < -0.3 is 4.74 Å². The first kappa shape index (κ1) is 11.2. The summed E-state index contributed by atoms with van der Waals surface area (Å²) in [5.41, 5.74) is 1.85. The molecule has 3 nitrogen and oxygen atoms in total. The predicted molar refractivity (Wildman–Crippen MR) is 65.0 cm³/mol. The lowest BCUT2D eigenvalue weighted by Crippen LogP contribution is -2.07. The minimum absolute atomic E-state index is 0.190. The van der Waals surface area contributed by atoms with Crippen molar-refractivity contribution in [2.45, 2.75) is 6.10 Å². The fraction of sp³-hybridized carbons (Fsp3) is 0.167. The van der Waals surface area contributed by atoms with E-state index in [4.69, 9.17) is 4.74 Å². The Bertz CT molecular complexity index is 462. The van der Waals surface area contributed by atoms with Crippen molar-refractivity contribution in [1.29, 1.82) is 0 Å².